The van der Waals surface area contributed by atoms with Gasteiger partial charge in [-0.1, -0.05) is 66.2 Å². The quantitative estimate of drug-likeness (QED) is 0.158. The van der Waals surface area contributed by atoms with Crippen molar-refractivity contribution >= 4 is 17.6 Å². The maximum Gasteiger partial charge on any atom is 0.416 e. The Morgan fingerprint density at radius 1 is 1.00 bits per heavy atom. The largest absolute Gasteiger partial charge is 0.481 e. The van der Waals surface area contributed by atoms with Crippen molar-refractivity contribution in [2.75, 3.05) is 6.54 Å². The van der Waals surface area contributed by atoms with Gasteiger partial charge in [-0.15, -0.1) is 0 Å². The third-order valence-corrected chi connectivity index (χ3v) is 7.50. The van der Waals surface area contributed by atoms with E-state index in [4.69, 9.17) is 16.7 Å². The fraction of sp³-hybridized carbons (Fsp3) is 0.258. The molecular formula is C31H28ClF4N3O4. The number of carbonyl (C=O) groups is 1. The molecule has 3 aromatic carbocycles. The number of benzene rings is 3. The third kappa shape index (κ3) is 7.41. The summed E-state index contributed by atoms with van der Waals surface area (Å²) in [5, 5.41) is 12.4. The first kappa shape index (κ1) is 31.7. The number of carboxylic acid groups (broad SMARTS) is 1. The molecule has 0 saturated heterocycles. The van der Waals surface area contributed by atoms with Crippen LogP contribution in [-0.2, 0) is 24.1 Å². The van der Waals surface area contributed by atoms with Crippen molar-refractivity contribution in [3.8, 4) is 11.1 Å². The molecule has 43 heavy (non-hydrogen) atoms. The van der Waals surface area contributed by atoms with E-state index in [-0.39, 0.29) is 42.1 Å². The number of alkyl halides is 3. The molecule has 226 valence electrons. The highest BCUT2D eigenvalue weighted by Crippen LogP contribution is 2.34. The molecule has 0 amide bonds. The van der Waals surface area contributed by atoms with Gasteiger partial charge in [-0.25, -0.2) is 9.18 Å². The van der Waals surface area contributed by atoms with E-state index in [1.54, 1.807) is 55.5 Å². The minimum Gasteiger partial charge on any atom is -0.481 e. The average Bonchev–Trinajstić information content (AvgIpc) is 2.96. The number of rotatable bonds is 11. The van der Waals surface area contributed by atoms with Crippen molar-refractivity contribution in [2.45, 2.75) is 45.1 Å². The highest BCUT2D eigenvalue weighted by Gasteiger charge is 2.35. The van der Waals surface area contributed by atoms with Gasteiger partial charge in [0.15, 0.2) is 0 Å². The zero-order chi connectivity index (χ0) is 31.3. The minimum atomic E-state index is -4.89. The molecule has 1 aromatic heterocycles. The number of nitrogens with zero attached hydrogens (tertiary/aromatic N) is 2. The van der Waals surface area contributed by atoms with E-state index in [0.29, 0.717) is 11.1 Å². The van der Waals surface area contributed by atoms with Crippen LogP contribution in [0.15, 0.2) is 82.5 Å². The Morgan fingerprint density at radius 3 is 2.37 bits per heavy atom. The van der Waals surface area contributed by atoms with E-state index in [1.165, 1.54) is 0 Å². The summed E-state index contributed by atoms with van der Waals surface area (Å²) in [4.78, 5) is 38.6. The van der Waals surface area contributed by atoms with E-state index < -0.39 is 52.9 Å². The monoisotopic (exact) mass is 617 g/mol. The Hall–Kier alpha value is -4.22. The number of nitrogens with one attached hydrogen (secondary N) is 1. The van der Waals surface area contributed by atoms with E-state index in [0.717, 1.165) is 33.5 Å². The Bertz CT molecular complexity index is 1740. The number of aliphatic carboxylic acids is 1. The minimum absolute atomic E-state index is 0.0594. The number of aromatic nitrogens is 2. The average molecular weight is 618 g/mol. The first-order chi connectivity index (χ1) is 20.4. The van der Waals surface area contributed by atoms with Gasteiger partial charge in [0.25, 0.3) is 5.56 Å². The molecule has 0 saturated carbocycles. The summed E-state index contributed by atoms with van der Waals surface area (Å²) in [6, 6.07) is 15.6. The lowest BCUT2D eigenvalue weighted by Gasteiger charge is -2.22. The highest BCUT2D eigenvalue weighted by molar-refractivity contribution is 6.34. The lowest BCUT2D eigenvalue weighted by Crippen LogP contribution is -2.43. The molecule has 0 spiro atoms. The Labute approximate surface area is 249 Å². The summed E-state index contributed by atoms with van der Waals surface area (Å²) in [7, 11) is 0. The predicted octanol–water partition coefficient (Wildman–Crippen LogP) is 6.04. The van der Waals surface area contributed by atoms with Crippen LogP contribution in [0.2, 0.25) is 5.02 Å². The maximum absolute atomic E-state index is 14.8. The van der Waals surface area contributed by atoms with E-state index in [9.17, 15) is 31.9 Å². The summed E-state index contributed by atoms with van der Waals surface area (Å²) in [6.07, 6.45) is -3.63. The lowest BCUT2D eigenvalue weighted by atomic mass is 10.0. The molecule has 4 rings (SSSR count). The molecule has 0 fully saturated rings. The van der Waals surface area contributed by atoms with Gasteiger partial charge >= 0.3 is 17.8 Å². The normalized spacial score (nSPS) is 12.3. The van der Waals surface area contributed by atoms with Crippen molar-refractivity contribution in [1.29, 1.82) is 0 Å². The first-order valence-electron chi connectivity index (χ1n) is 13.3. The molecule has 2 N–H and O–H groups in total. The van der Waals surface area contributed by atoms with Gasteiger partial charge in [0.2, 0.25) is 0 Å². The van der Waals surface area contributed by atoms with Gasteiger partial charge in [0.1, 0.15) is 5.82 Å². The SMILES string of the molecule is Cc1cccc(-c2cn(Cc3c(F)cccc3C(F)(F)F)c(=O)n(C[C@@H](NCCCC(=O)O)c3ccccc3)c2=O)c1Cl. The van der Waals surface area contributed by atoms with E-state index in [1.807, 2.05) is 0 Å². The zero-order valence-corrected chi connectivity index (χ0v) is 23.8. The van der Waals surface area contributed by atoms with Crippen LogP contribution >= 0.6 is 11.6 Å². The molecule has 7 nitrogen and oxygen atoms in total. The van der Waals surface area contributed by atoms with Gasteiger partial charge < -0.3 is 10.4 Å². The number of hydrogen-bond donors (Lipinski definition) is 2. The van der Waals surface area contributed by atoms with Crippen molar-refractivity contribution in [3.05, 3.63) is 127 Å². The standard InChI is InChI=1S/C31H28ClF4N3O4/c1-19-8-5-11-21(28(19)32)22-16-38(17-23-24(31(34,35)36)12-6-13-25(23)33)30(43)39(29(22)42)18-26(20-9-3-2-4-10-20)37-15-7-14-27(40)41/h2-6,8-13,16,26,37H,7,14-15,17-18H2,1H3,(H,40,41)/t26-/m1/s1. The second kappa shape index (κ2) is 13.4. The topological polar surface area (TPSA) is 93.3 Å². The number of halogens is 5. The fourth-order valence-electron chi connectivity index (χ4n) is 4.79. The van der Waals surface area contributed by atoms with Gasteiger partial charge in [0.05, 0.1) is 35.3 Å². The Morgan fingerprint density at radius 2 is 1.70 bits per heavy atom. The molecule has 0 radical (unpaired) electrons. The number of aryl methyl sites for hydroxylation is 1. The van der Waals surface area contributed by atoms with Gasteiger partial charge in [-0.05, 0) is 43.1 Å². The van der Waals surface area contributed by atoms with E-state index >= 15 is 0 Å². The molecule has 0 aliphatic heterocycles. The van der Waals surface area contributed by atoms with Gasteiger partial charge in [0, 0.05) is 23.7 Å². The second-order valence-corrected chi connectivity index (χ2v) is 10.4. The molecule has 0 aliphatic rings. The molecule has 0 unspecified atom stereocenters. The fourth-order valence-corrected chi connectivity index (χ4v) is 5.02. The highest BCUT2D eigenvalue weighted by atomic mass is 35.5. The molecule has 4 aromatic rings. The van der Waals surface area contributed by atoms with Crippen LogP contribution in [0.4, 0.5) is 17.6 Å². The summed E-state index contributed by atoms with van der Waals surface area (Å²) >= 11 is 6.52. The van der Waals surface area contributed by atoms with Crippen LogP contribution in [-0.4, -0.2) is 26.8 Å². The van der Waals surface area contributed by atoms with Gasteiger partial charge in [-0.3, -0.25) is 18.7 Å². The third-order valence-electron chi connectivity index (χ3n) is 7.00. The predicted molar refractivity (Wildman–Crippen MR) is 155 cm³/mol. The summed E-state index contributed by atoms with van der Waals surface area (Å²) < 4.78 is 58.0. The molecular weight excluding hydrogens is 590 g/mol. The Balaban J connectivity index is 1.89. The lowest BCUT2D eigenvalue weighted by molar-refractivity contribution is -0.138. The zero-order valence-electron chi connectivity index (χ0n) is 23.0. The van der Waals surface area contributed by atoms with Crippen LogP contribution < -0.4 is 16.6 Å². The molecule has 12 heteroatoms. The van der Waals surface area contributed by atoms with Crippen LogP contribution in [0.1, 0.15) is 41.1 Å². The van der Waals surface area contributed by atoms with Crippen LogP contribution in [0.25, 0.3) is 11.1 Å². The van der Waals surface area contributed by atoms with Crippen molar-refractivity contribution in [3.63, 3.8) is 0 Å². The molecule has 0 bridgehead atoms. The molecule has 1 heterocycles. The van der Waals surface area contributed by atoms with Crippen molar-refractivity contribution in [2.24, 2.45) is 0 Å². The smallest absolute Gasteiger partial charge is 0.416 e. The van der Waals surface area contributed by atoms with Crippen LogP contribution in [0.3, 0.4) is 0 Å². The Kier molecular flexibility index (Phi) is 9.87. The van der Waals surface area contributed by atoms with Crippen molar-refractivity contribution in [1.82, 2.24) is 14.5 Å². The number of hydrogen-bond acceptors (Lipinski definition) is 4. The summed E-state index contributed by atoms with van der Waals surface area (Å²) in [6.45, 7) is 0.888. The van der Waals surface area contributed by atoms with Crippen molar-refractivity contribution < 1.29 is 27.5 Å². The second-order valence-electron chi connectivity index (χ2n) is 9.98. The molecule has 0 aliphatic carbocycles. The summed E-state index contributed by atoms with van der Waals surface area (Å²) in [5.41, 5.74) is -2.19. The summed E-state index contributed by atoms with van der Waals surface area (Å²) in [5.74, 6) is -2.14. The van der Waals surface area contributed by atoms with Gasteiger partial charge in [-0.2, -0.15) is 13.2 Å². The maximum atomic E-state index is 14.8. The molecule has 1 atom stereocenters. The number of carboxylic acids is 1. The van der Waals surface area contributed by atoms with Crippen LogP contribution in [0.5, 0.6) is 0 Å². The van der Waals surface area contributed by atoms with E-state index in [2.05, 4.69) is 5.32 Å². The van der Waals surface area contributed by atoms with Crippen LogP contribution in [0, 0.1) is 12.7 Å². The first-order valence-corrected chi connectivity index (χ1v) is 13.7.